The van der Waals surface area contributed by atoms with Crippen LogP contribution in [0.25, 0.3) is 0 Å². The molecule has 2 aliphatic rings. The van der Waals surface area contributed by atoms with E-state index in [4.69, 9.17) is 5.84 Å². The largest absolute Gasteiger partial charge is 0.368 e. The fourth-order valence-electron chi connectivity index (χ4n) is 2.36. The van der Waals surface area contributed by atoms with E-state index in [9.17, 15) is 9.90 Å². The van der Waals surface area contributed by atoms with Gasteiger partial charge in [0.25, 0.3) is 0 Å². The van der Waals surface area contributed by atoms with Crippen LogP contribution in [-0.4, -0.2) is 46.3 Å². The standard InChI is InChI=1S/C8H15N3O2/c1-6(12)11(9)8(13)5-10-3-2-7(8)4-10/h7,13H,2-5,9H2,1H3. The fourth-order valence-corrected chi connectivity index (χ4v) is 2.36. The first-order valence-corrected chi connectivity index (χ1v) is 4.54. The molecule has 2 fully saturated rings. The van der Waals surface area contributed by atoms with Crippen molar-refractivity contribution in [2.75, 3.05) is 19.6 Å². The van der Waals surface area contributed by atoms with Crippen molar-refractivity contribution in [3.8, 4) is 0 Å². The number of carbonyl (C=O) groups excluding carboxylic acids is 1. The zero-order valence-corrected chi connectivity index (χ0v) is 7.73. The second kappa shape index (κ2) is 2.67. The number of aliphatic hydroxyl groups is 1. The van der Waals surface area contributed by atoms with Crippen LogP contribution in [0, 0.1) is 5.92 Å². The molecule has 13 heavy (non-hydrogen) atoms. The predicted octanol–water partition coefficient (Wildman–Crippen LogP) is -1.27. The Labute approximate surface area is 77.1 Å². The van der Waals surface area contributed by atoms with E-state index in [0.717, 1.165) is 24.5 Å². The Morgan fingerprint density at radius 1 is 1.77 bits per heavy atom. The minimum atomic E-state index is -1.12. The van der Waals surface area contributed by atoms with Crippen LogP contribution in [0.5, 0.6) is 0 Å². The first-order chi connectivity index (χ1) is 6.04. The zero-order valence-electron chi connectivity index (χ0n) is 7.73. The highest BCUT2D eigenvalue weighted by molar-refractivity contribution is 5.73. The van der Waals surface area contributed by atoms with Gasteiger partial charge in [-0.25, -0.2) is 10.9 Å². The molecule has 2 heterocycles. The second-order valence-electron chi connectivity index (χ2n) is 3.99. The summed E-state index contributed by atoms with van der Waals surface area (Å²) < 4.78 is 0. The van der Waals surface area contributed by atoms with Gasteiger partial charge in [0.05, 0.1) is 0 Å². The van der Waals surface area contributed by atoms with Crippen molar-refractivity contribution in [2.45, 2.75) is 19.1 Å². The van der Waals surface area contributed by atoms with E-state index in [2.05, 4.69) is 4.90 Å². The van der Waals surface area contributed by atoms with Crippen LogP contribution in [0.4, 0.5) is 0 Å². The van der Waals surface area contributed by atoms with Gasteiger partial charge in [0, 0.05) is 25.9 Å². The molecule has 2 bridgehead atoms. The molecule has 5 nitrogen and oxygen atoms in total. The van der Waals surface area contributed by atoms with Crippen molar-refractivity contribution < 1.29 is 9.90 Å². The van der Waals surface area contributed by atoms with Gasteiger partial charge in [0.15, 0.2) is 5.72 Å². The van der Waals surface area contributed by atoms with E-state index >= 15 is 0 Å². The Balaban J connectivity index is 2.17. The number of fused-ring (bicyclic) bond motifs is 2. The van der Waals surface area contributed by atoms with Crippen LogP contribution < -0.4 is 5.84 Å². The van der Waals surface area contributed by atoms with E-state index in [-0.39, 0.29) is 11.8 Å². The first-order valence-electron chi connectivity index (χ1n) is 4.54. The number of piperidine rings is 1. The molecular weight excluding hydrogens is 170 g/mol. The molecule has 3 atom stereocenters. The van der Waals surface area contributed by atoms with Crippen LogP contribution in [-0.2, 0) is 4.79 Å². The molecule has 3 N–H and O–H groups in total. The number of rotatable bonds is 1. The zero-order chi connectivity index (χ0) is 9.64. The molecule has 0 aromatic heterocycles. The summed E-state index contributed by atoms with van der Waals surface area (Å²) in [5.41, 5.74) is -1.12. The van der Waals surface area contributed by atoms with Gasteiger partial charge in [-0.05, 0) is 13.0 Å². The van der Waals surface area contributed by atoms with Crippen molar-refractivity contribution in [2.24, 2.45) is 11.8 Å². The van der Waals surface area contributed by atoms with Gasteiger partial charge in [0.1, 0.15) is 0 Å². The van der Waals surface area contributed by atoms with Crippen molar-refractivity contribution in [3.63, 3.8) is 0 Å². The summed E-state index contributed by atoms with van der Waals surface area (Å²) in [6.45, 7) is 3.74. The van der Waals surface area contributed by atoms with Crippen LogP contribution in [0.3, 0.4) is 0 Å². The third-order valence-electron chi connectivity index (χ3n) is 3.14. The van der Waals surface area contributed by atoms with Crippen LogP contribution in [0.2, 0.25) is 0 Å². The maximum atomic E-state index is 11.0. The number of hydrogen-bond donors (Lipinski definition) is 2. The molecule has 5 heteroatoms. The van der Waals surface area contributed by atoms with Gasteiger partial charge >= 0.3 is 0 Å². The monoisotopic (exact) mass is 185 g/mol. The number of hydrazine groups is 1. The molecule has 0 aromatic rings. The lowest BCUT2D eigenvalue weighted by molar-refractivity contribution is -0.168. The van der Waals surface area contributed by atoms with Gasteiger partial charge in [-0.15, -0.1) is 0 Å². The van der Waals surface area contributed by atoms with E-state index in [1.807, 2.05) is 0 Å². The molecule has 2 saturated heterocycles. The molecule has 0 aromatic carbocycles. The predicted molar refractivity (Wildman–Crippen MR) is 46.2 cm³/mol. The quantitative estimate of drug-likeness (QED) is 0.231. The number of hydrogen-bond acceptors (Lipinski definition) is 4. The Kier molecular flexibility index (Phi) is 1.83. The topological polar surface area (TPSA) is 69.8 Å². The minimum Gasteiger partial charge on any atom is -0.368 e. The van der Waals surface area contributed by atoms with Gasteiger partial charge in [-0.3, -0.25) is 9.69 Å². The molecule has 1 amide bonds. The molecule has 0 radical (unpaired) electrons. The van der Waals surface area contributed by atoms with E-state index in [0.29, 0.717) is 6.54 Å². The van der Waals surface area contributed by atoms with Crippen molar-refractivity contribution in [1.29, 1.82) is 0 Å². The number of carbonyl (C=O) groups is 1. The average Bonchev–Trinajstić information content (AvgIpc) is 2.62. The summed E-state index contributed by atoms with van der Waals surface area (Å²) in [6, 6.07) is 0. The molecule has 3 unspecified atom stereocenters. The minimum absolute atomic E-state index is 0.126. The van der Waals surface area contributed by atoms with Crippen molar-refractivity contribution >= 4 is 5.91 Å². The highest BCUT2D eigenvalue weighted by atomic mass is 16.3. The van der Waals surface area contributed by atoms with E-state index < -0.39 is 5.72 Å². The van der Waals surface area contributed by atoms with Gasteiger partial charge in [0.2, 0.25) is 5.91 Å². The SMILES string of the molecule is CC(=O)N(N)C1(O)CN2CCC1C2. The molecule has 2 aliphatic heterocycles. The Morgan fingerprint density at radius 3 is 2.85 bits per heavy atom. The smallest absolute Gasteiger partial charge is 0.235 e. The Bertz CT molecular complexity index is 246. The summed E-state index contributed by atoms with van der Waals surface area (Å²) in [7, 11) is 0. The van der Waals surface area contributed by atoms with Crippen molar-refractivity contribution in [1.82, 2.24) is 9.91 Å². The maximum Gasteiger partial charge on any atom is 0.235 e. The van der Waals surface area contributed by atoms with Crippen LogP contribution in [0.15, 0.2) is 0 Å². The van der Waals surface area contributed by atoms with Gasteiger partial charge in [-0.1, -0.05) is 0 Å². The highest BCUT2D eigenvalue weighted by Gasteiger charge is 2.53. The molecular formula is C8H15N3O2. The lowest BCUT2D eigenvalue weighted by atomic mass is 9.95. The number of amides is 1. The number of nitrogens with two attached hydrogens (primary N) is 1. The Morgan fingerprint density at radius 2 is 2.46 bits per heavy atom. The van der Waals surface area contributed by atoms with Crippen molar-refractivity contribution in [3.05, 3.63) is 0 Å². The highest BCUT2D eigenvalue weighted by Crippen LogP contribution is 2.37. The van der Waals surface area contributed by atoms with E-state index in [1.165, 1.54) is 6.92 Å². The average molecular weight is 185 g/mol. The third kappa shape index (κ3) is 1.15. The summed E-state index contributed by atoms with van der Waals surface area (Å²) in [5, 5.41) is 11.1. The third-order valence-corrected chi connectivity index (χ3v) is 3.14. The first kappa shape index (κ1) is 8.93. The van der Waals surface area contributed by atoms with Gasteiger partial charge < -0.3 is 5.11 Å². The van der Waals surface area contributed by atoms with E-state index in [1.54, 1.807) is 0 Å². The molecule has 74 valence electrons. The maximum absolute atomic E-state index is 11.0. The van der Waals surface area contributed by atoms with Crippen LogP contribution >= 0.6 is 0 Å². The summed E-state index contributed by atoms with van der Waals surface area (Å²) in [5.74, 6) is 5.39. The lowest BCUT2D eigenvalue weighted by Crippen LogP contribution is -2.61. The number of nitrogens with zero attached hydrogens (tertiary/aromatic N) is 2. The summed E-state index contributed by atoms with van der Waals surface area (Å²) in [6.07, 6.45) is 0.928. The molecule has 2 rings (SSSR count). The lowest BCUT2D eigenvalue weighted by Gasteiger charge is -2.38. The molecule has 0 saturated carbocycles. The Hall–Kier alpha value is -0.650. The van der Waals surface area contributed by atoms with Crippen LogP contribution in [0.1, 0.15) is 13.3 Å². The molecule has 0 aliphatic carbocycles. The van der Waals surface area contributed by atoms with Gasteiger partial charge in [-0.2, -0.15) is 0 Å². The normalized spacial score (nSPS) is 42.4. The molecule has 0 spiro atoms. The second-order valence-corrected chi connectivity index (χ2v) is 3.99. The fraction of sp³-hybridized carbons (Fsp3) is 0.875. The summed E-state index contributed by atoms with van der Waals surface area (Å²) >= 11 is 0. The summed E-state index contributed by atoms with van der Waals surface area (Å²) in [4.78, 5) is 13.2.